The number of aromatic nitrogens is 2. The lowest BCUT2D eigenvalue weighted by molar-refractivity contribution is 0.501. The largest absolute Gasteiger partial charge is 0.369 e. The maximum Gasteiger partial charge on any atom is 0.283 e. The molecule has 0 amide bonds. The van der Waals surface area contributed by atoms with Gasteiger partial charge in [-0.15, -0.1) is 6.42 Å². The Balaban J connectivity index is 3.14. The van der Waals surface area contributed by atoms with E-state index in [1.54, 1.807) is 6.20 Å². The molecule has 16 heavy (non-hydrogen) atoms. The zero-order chi connectivity index (χ0) is 12.3. The number of halogens is 1. The van der Waals surface area contributed by atoms with E-state index in [0.29, 0.717) is 10.2 Å². The Morgan fingerprint density at radius 3 is 2.69 bits per heavy atom. The van der Waals surface area contributed by atoms with Crippen LogP contribution in [0.4, 0.5) is 5.69 Å². The van der Waals surface area contributed by atoms with Gasteiger partial charge in [0.2, 0.25) is 0 Å². The number of hydrogen-bond acceptors (Lipinski definition) is 3. The molecule has 1 rings (SSSR count). The second-order valence-electron chi connectivity index (χ2n) is 3.75. The molecule has 5 heteroatoms. The van der Waals surface area contributed by atoms with Crippen molar-refractivity contribution in [2.45, 2.75) is 32.9 Å². The van der Waals surface area contributed by atoms with Crippen LogP contribution in [-0.4, -0.2) is 15.8 Å². The second kappa shape index (κ2) is 5.17. The Hall–Kier alpha value is -1.28. The van der Waals surface area contributed by atoms with E-state index in [4.69, 9.17) is 6.42 Å². The highest BCUT2D eigenvalue weighted by atomic mass is 79.9. The molecule has 1 aromatic heterocycles. The average Bonchev–Trinajstić information content (AvgIpc) is 2.24. The summed E-state index contributed by atoms with van der Waals surface area (Å²) in [4.78, 5) is 11.9. The first-order valence-corrected chi connectivity index (χ1v) is 5.76. The van der Waals surface area contributed by atoms with Gasteiger partial charge in [-0.3, -0.25) is 4.79 Å². The highest BCUT2D eigenvalue weighted by Gasteiger charge is 2.11. The van der Waals surface area contributed by atoms with Crippen LogP contribution in [0.2, 0.25) is 0 Å². The van der Waals surface area contributed by atoms with Gasteiger partial charge in [0.05, 0.1) is 24.0 Å². The molecular formula is C11H14BrN3O. The summed E-state index contributed by atoms with van der Waals surface area (Å²) < 4.78 is 1.87. The van der Waals surface area contributed by atoms with E-state index >= 15 is 0 Å². The van der Waals surface area contributed by atoms with Gasteiger partial charge in [-0.1, -0.05) is 5.92 Å². The first kappa shape index (κ1) is 12.8. The average molecular weight is 284 g/mol. The molecule has 1 atom stereocenters. The van der Waals surface area contributed by atoms with E-state index in [-0.39, 0.29) is 17.6 Å². The van der Waals surface area contributed by atoms with Crippen molar-refractivity contribution in [2.75, 3.05) is 5.32 Å². The molecular weight excluding hydrogens is 270 g/mol. The Kier molecular flexibility index (Phi) is 4.13. The first-order chi connectivity index (χ1) is 7.47. The Labute approximate surface area is 103 Å². The summed E-state index contributed by atoms with van der Waals surface area (Å²) in [6.07, 6.45) is 6.85. The number of nitrogens with one attached hydrogen (secondary N) is 1. The molecule has 0 saturated carbocycles. The molecule has 0 saturated heterocycles. The van der Waals surface area contributed by atoms with Crippen molar-refractivity contribution in [1.29, 1.82) is 0 Å². The molecule has 1 heterocycles. The van der Waals surface area contributed by atoms with Gasteiger partial charge in [0, 0.05) is 0 Å². The lowest BCUT2D eigenvalue weighted by Gasteiger charge is -2.13. The van der Waals surface area contributed by atoms with Crippen LogP contribution in [0.3, 0.4) is 0 Å². The molecule has 0 aliphatic carbocycles. The first-order valence-electron chi connectivity index (χ1n) is 4.97. The second-order valence-corrected chi connectivity index (χ2v) is 4.54. The predicted octanol–water partition coefficient (Wildman–Crippen LogP) is 2.02. The van der Waals surface area contributed by atoms with Gasteiger partial charge in [-0.2, -0.15) is 5.10 Å². The van der Waals surface area contributed by atoms with Crippen LogP contribution < -0.4 is 10.9 Å². The number of hydrogen-bond donors (Lipinski definition) is 1. The number of rotatable bonds is 3. The van der Waals surface area contributed by atoms with Gasteiger partial charge in [0.15, 0.2) is 0 Å². The van der Waals surface area contributed by atoms with Gasteiger partial charge in [-0.05, 0) is 36.7 Å². The van der Waals surface area contributed by atoms with Crippen LogP contribution in [0.15, 0.2) is 15.5 Å². The van der Waals surface area contributed by atoms with Crippen LogP contribution in [0.25, 0.3) is 0 Å². The third-order valence-corrected chi connectivity index (χ3v) is 2.82. The van der Waals surface area contributed by atoms with E-state index in [1.807, 2.05) is 20.8 Å². The molecule has 0 fully saturated rings. The van der Waals surface area contributed by atoms with Gasteiger partial charge in [0.1, 0.15) is 4.47 Å². The summed E-state index contributed by atoms with van der Waals surface area (Å²) in [6.45, 7) is 5.64. The minimum Gasteiger partial charge on any atom is -0.369 e. The van der Waals surface area contributed by atoms with E-state index in [9.17, 15) is 4.79 Å². The summed E-state index contributed by atoms with van der Waals surface area (Å²) in [5.74, 6) is 2.53. The number of terminal acetylenes is 1. The Morgan fingerprint density at radius 2 is 2.19 bits per heavy atom. The molecule has 1 aromatic rings. The predicted molar refractivity (Wildman–Crippen MR) is 68.5 cm³/mol. The van der Waals surface area contributed by atoms with E-state index < -0.39 is 0 Å². The third kappa shape index (κ3) is 2.64. The summed E-state index contributed by atoms with van der Waals surface area (Å²) in [6, 6.07) is -0.115. The number of nitrogens with zero attached hydrogens (tertiary/aromatic N) is 2. The van der Waals surface area contributed by atoms with Crippen molar-refractivity contribution in [3.05, 3.63) is 21.0 Å². The zero-order valence-electron chi connectivity index (χ0n) is 9.49. The fourth-order valence-corrected chi connectivity index (χ4v) is 1.59. The van der Waals surface area contributed by atoms with Gasteiger partial charge >= 0.3 is 0 Å². The molecule has 1 N–H and O–H groups in total. The van der Waals surface area contributed by atoms with Gasteiger partial charge < -0.3 is 5.32 Å². The molecule has 0 aliphatic heterocycles. The van der Waals surface area contributed by atoms with Crippen LogP contribution in [-0.2, 0) is 0 Å². The molecule has 0 spiro atoms. The minimum atomic E-state index is -0.163. The number of anilines is 1. The molecule has 86 valence electrons. The zero-order valence-corrected chi connectivity index (χ0v) is 11.1. The highest BCUT2D eigenvalue weighted by molar-refractivity contribution is 9.10. The van der Waals surface area contributed by atoms with Crippen molar-refractivity contribution in [1.82, 2.24) is 9.78 Å². The van der Waals surface area contributed by atoms with E-state index in [1.165, 1.54) is 4.68 Å². The Bertz CT molecular complexity index is 473. The fraction of sp³-hybridized carbons (Fsp3) is 0.455. The smallest absolute Gasteiger partial charge is 0.283 e. The van der Waals surface area contributed by atoms with E-state index in [0.717, 1.165) is 0 Å². The quantitative estimate of drug-likeness (QED) is 0.864. The maximum absolute atomic E-state index is 11.9. The minimum absolute atomic E-state index is 0.0305. The molecule has 4 nitrogen and oxygen atoms in total. The van der Waals surface area contributed by atoms with E-state index in [2.05, 4.69) is 32.3 Å². The fourth-order valence-electron chi connectivity index (χ4n) is 1.19. The lowest BCUT2D eigenvalue weighted by atomic mass is 10.3. The molecule has 1 unspecified atom stereocenters. The molecule has 0 bridgehead atoms. The molecule has 0 aromatic carbocycles. The topological polar surface area (TPSA) is 46.9 Å². The van der Waals surface area contributed by atoms with Crippen molar-refractivity contribution in [2.24, 2.45) is 0 Å². The summed E-state index contributed by atoms with van der Waals surface area (Å²) >= 11 is 3.25. The van der Waals surface area contributed by atoms with Crippen LogP contribution in [0, 0.1) is 12.3 Å². The lowest BCUT2D eigenvalue weighted by Crippen LogP contribution is -2.27. The molecule has 0 radical (unpaired) electrons. The van der Waals surface area contributed by atoms with Crippen LogP contribution in [0.1, 0.15) is 26.8 Å². The maximum atomic E-state index is 11.9. The SMILES string of the molecule is C#CC(C)Nc1cnn(C(C)C)c(=O)c1Br. The van der Waals surface area contributed by atoms with Gasteiger partial charge in [0.25, 0.3) is 5.56 Å². The summed E-state index contributed by atoms with van der Waals surface area (Å²) in [5.41, 5.74) is 0.455. The molecule has 0 aliphatic rings. The van der Waals surface area contributed by atoms with Crippen molar-refractivity contribution in [3.63, 3.8) is 0 Å². The van der Waals surface area contributed by atoms with Crippen LogP contribution in [0.5, 0.6) is 0 Å². The normalized spacial score (nSPS) is 12.2. The highest BCUT2D eigenvalue weighted by Crippen LogP contribution is 2.17. The van der Waals surface area contributed by atoms with Crippen LogP contribution >= 0.6 is 15.9 Å². The van der Waals surface area contributed by atoms with Crippen molar-refractivity contribution in [3.8, 4) is 12.3 Å². The Morgan fingerprint density at radius 1 is 1.56 bits per heavy atom. The van der Waals surface area contributed by atoms with Crippen molar-refractivity contribution >= 4 is 21.6 Å². The summed E-state index contributed by atoms with van der Waals surface area (Å²) in [5, 5.41) is 7.08. The summed E-state index contributed by atoms with van der Waals surface area (Å²) in [7, 11) is 0. The van der Waals surface area contributed by atoms with Crippen molar-refractivity contribution < 1.29 is 0 Å². The monoisotopic (exact) mass is 283 g/mol. The standard InChI is InChI=1S/C11H14BrN3O/c1-5-8(4)14-9-6-13-15(7(2)3)11(16)10(9)12/h1,6-8,14H,2-4H3. The third-order valence-electron chi connectivity index (χ3n) is 2.05. The van der Waals surface area contributed by atoms with Gasteiger partial charge in [-0.25, -0.2) is 4.68 Å².